The van der Waals surface area contributed by atoms with Crippen LogP contribution in [0.25, 0.3) is 33.9 Å². The van der Waals surface area contributed by atoms with Crippen molar-refractivity contribution < 1.29 is 21.1 Å². The van der Waals surface area contributed by atoms with Crippen molar-refractivity contribution in [2.75, 3.05) is 0 Å². The van der Waals surface area contributed by atoms with E-state index in [0.29, 0.717) is 23.7 Å². The van der Waals surface area contributed by atoms with Gasteiger partial charge in [-0.15, -0.1) is 70.0 Å². The third kappa shape index (κ3) is 8.94. The van der Waals surface area contributed by atoms with Crippen LogP contribution in [-0.4, -0.2) is 27.2 Å². The number of rotatable bonds is 14. The van der Waals surface area contributed by atoms with E-state index < -0.39 is 8.07 Å². The molecule has 0 radical (unpaired) electrons. The van der Waals surface area contributed by atoms with Gasteiger partial charge in [0.05, 0.1) is 24.0 Å². The fourth-order valence-corrected chi connectivity index (χ4v) is 13.7. The molecule has 6 heteroatoms. The van der Waals surface area contributed by atoms with Gasteiger partial charge in [-0.05, 0) is 81.5 Å². The van der Waals surface area contributed by atoms with Gasteiger partial charge in [-0.2, -0.15) is 0 Å². The van der Waals surface area contributed by atoms with Crippen LogP contribution in [0.4, 0.5) is 0 Å². The van der Waals surface area contributed by atoms with E-state index >= 15 is 0 Å². The Hall–Kier alpha value is -5.35. The van der Waals surface area contributed by atoms with Gasteiger partial charge >= 0.3 is 21.1 Å². The molecule has 0 aliphatic rings. The fraction of sp³-hybridized carbons (Fsp3) is 0.250. The van der Waals surface area contributed by atoms with Crippen molar-refractivity contribution in [3.8, 4) is 33.9 Å². The number of hydrogen-bond acceptors (Lipinski definition) is 2. The second-order valence-corrected chi connectivity index (χ2v) is 21.7. The monoisotopic (exact) mass is 1010 g/mol. The summed E-state index contributed by atoms with van der Waals surface area (Å²) in [5, 5.41) is 4.85. The molecule has 6 aromatic carbocycles. The van der Waals surface area contributed by atoms with Crippen LogP contribution in [0.2, 0.25) is 0 Å². The van der Waals surface area contributed by atoms with E-state index in [0.717, 1.165) is 45.7 Å². The van der Waals surface area contributed by atoms with E-state index in [9.17, 15) is 0 Å². The van der Waals surface area contributed by atoms with Gasteiger partial charge in [0.2, 0.25) is 0 Å². The molecule has 0 saturated carbocycles. The average molecular weight is 1010 g/mol. The molecular weight excluding hydrogens is 952 g/mol. The van der Waals surface area contributed by atoms with Gasteiger partial charge < -0.3 is 9.13 Å². The van der Waals surface area contributed by atoms with Crippen molar-refractivity contribution in [1.82, 2.24) is 19.1 Å². The Labute approximate surface area is 385 Å². The smallest absolute Gasteiger partial charge is 0.315 e. The molecule has 8 rings (SSSR count). The van der Waals surface area contributed by atoms with Gasteiger partial charge in [0.15, 0.2) is 0 Å². The first kappa shape index (κ1) is 44.7. The third-order valence-corrected chi connectivity index (χ3v) is 16.4. The average Bonchev–Trinajstić information content (AvgIpc) is 3.96. The summed E-state index contributed by atoms with van der Waals surface area (Å²) in [5.74, 6) is 1.84. The van der Waals surface area contributed by atoms with E-state index in [1.54, 1.807) is 0 Å². The van der Waals surface area contributed by atoms with Crippen LogP contribution < -0.4 is 20.7 Å². The molecule has 8 aromatic rings. The van der Waals surface area contributed by atoms with Crippen LogP contribution in [0, 0.1) is 24.0 Å². The zero-order chi connectivity index (χ0) is 42.7. The molecule has 0 bridgehead atoms. The van der Waals surface area contributed by atoms with Crippen molar-refractivity contribution in [2.24, 2.45) is 11.8 Å². The van der Waals surface area contributed by atoms with Crippen LogP contribution in [0.5, 0.6) is 0 Å². The minimum Gasteiger partial charge on any atom is -0.315 e. The Morgan fingerprint density at radius 2 is 0.871 bits per heavy atom. The van der Waals surface area contributed by atoms with Crippen molar-refractivity contribution in [2.45, 2.75) is 80.1 Å². The second kappa shape index (κ2) is 19.4. The van der Waals surface area contributed by atoms with Gasteiger partial charge in [0.25, 0.3) is 0 Å². The Morgan fingerprint density at radius 3 is 1.29 bits per heavy atom. The molecule has 4 nitrogen and oxygen atoms in total. The number of benzene rings is 6. The van der Waals surface area contributed by atoms with Crippen molar-refractivity contribution in [3.63, 3.8) is 0 Å². The Bertz CT molecular complexity index is 2630. The summed E-state index contributed by atoms with van der Waals surface area (Å²) in [6.07, 6.45) is 10.4. The van der Waals surface area contributed by atoms with E-state index in [2.05, 4.69) is 223 Å². The van der Waals surface area contributed by atoms with Gasteiger partial charge in [-0.1, -0.05) is 152 Å². The van der Waals surface area contributed by atoms with Crippen molar-refractivity contribution >= 4 is 28.8 Å². The number of para-hydroxylation sites is 2. The van der Waals surface area contributed by atoms with Crippen LogP contribution in [0.15, 0.2) is 159 Å². The van der Waals surface area contributed by atoms with Gasteiger partial charge in [0, 0.05) is 11.4 Å². The van der Waals surface area contributed by atoms with Crippen LogP contribution in [0.3, 0.4) is 0 Å². The molecule has 0 saturated heterocycles. The fourth-order valence-electron chi connectivity index (χ4n) is 9.15. The maximum atomic E-state index is 5.09. The number of nitrogens with zero attached hydrogens (tertiary/aromatic N) is 4. The molecule has 62 heavy (non-hydrogen) atoms. The zero-order valence-electron chi connectivity index (χ0n) is 37.3. The van der Waals surface area contributed by atoms with E-state index in [-0.39, 0.29) is 21.1 Å². The molecule has 0 amide bonds. The Balaban J connectivity index is 0.00000578. The Morgan fingerprint density at radius 1 is 0.468 bits per heavy atom. The summed E-state index contributed by atoms with van der Waals surface area (Å²) in [6.45, 7) is 18.3. The predicted molar refractivity (Wildman–Crippen MR) is 258 cm³/mol. The molecular formula is C56H58N4PtSi. The summed E-state index contributed by atoms with van der Waals surface area (Å²) in [7, 11) is -3.03. The van der Waals surface area contributed by atoms with E-state index in [1.807, 2.05) is 12.7 Å². The molecule has 0 N–H and O–H groups in total. The Kier molecular flexibility index (Phi) is 14.0. The van der Waals surface area contributed by atoms with Gasteiger partial charge in [-0.25, -0.2) is 0 Å². The van der Waals surface area contributed by atoms with Crippen LogP contribution >= 0.6 is 0 Å². The molecule has 0 fully saturated rings. The summed E-state index contributed by atoms with van der Waals surface area (Å²) in [5.41, 5.74) is 11.6. The maximum absolute atomic E-state index is 5.09. The summed E-state index contributed by atoms with van der Waals surface area (Å²) < 4.78 is 4.48. The first-order chi connectivity index (χ1) is 29.5. The zero-order valence-corrected chi connectivity index (χ0v) is 40.6. The molecule has 316 valence electrons. The molecule has 2 aromatic heterocycles. The largest absolute Gasteiger partial charge is 2.00 e. The van der Waals surface area contributed by atoms with E-state index in [4.69, 9.17) is 9.97 Å². The summed E-state index contributed by atoms with van der Waals surface area (Å²) >= 11 is 0. The van der Waals surface area contributed by atoms with Crippen molar-refractivity contribution in [3.05, 3.63) is 193 Å². The number of aromatic nitrogens is 4. The minimum absolute atomic E-state index is 0. The normalized spacial score (nSPS) is 11.8. The molecule has 0 spiro atoms. The first-order valence-electron chi connectivity index (χ1n) is 22.0. The SMILES string of the molecule is CC(C)Cc1cccc(CC(C)C)c1-n1cnc(-c2[c-]c([Si](c3[c-]c(-c4cn(-c5c(C(C)C)cccc5C(C)C)cn4)ccc3)(c3ccccc3)c3ccccc3)ccc2)c1.[Pt+2]. The minimum atomic E-state index is -3.03. The molecule has 2 heterocycles. The number of hydrogen-bond donors (Lipinski definition) is 0. The predicted octanol–water partition coefficient (Wildman–Crippen LogP) is 11.0. The second-order valence-electron chi connectivity index (χ2n) is 18.0. The standard InChI is InChI=1S/C56H58N4Si.Pt/c1-39(2)31-45-21-15-22-46(32-40(3)4)55(45)59-35-53(57-37-59)43-19-16-27-49(33-43)61(47-23-11-9-12-24-47,48-25-13-10-14-26-48)50-28-17-20-44(34-50)54-36-60(38-58-54)56-51(41(5)6)29-18-30-52(56)42(7)8;/h9-30,35-42H,31-32H2,1-8H3;/q-2;+2. The van der Waals surface area contributed by atoms with Crippen molar-refractivity contribution in [1.29, 1.82) is 0 Å². The summed E-state index contributed by atoms with van der Waals surface area (Å²) in [4.78, 5) is 10.1. The van der Waals surface area contributed by atoms with Gasteiger partial charge in [0.1, 0.15) is 8.07 Å². The molecule has 0 aliphatic carbocycles. The maximum Gasteiger partial charge on any atom is 2.00 e. The number of imidazole rings is 2. The third-order valence-electron chi connectivity index (χ3n) is 11.8. The van der Waals surface area contributed by atoms with Crippen LogP contribution in [-0.2, 0) is 33.9 Å². The summed E-state index contributed by atoms with van der Waals surface area (Å²) in [6, 6.07) is 56.8. The molecule has 0 atom stereocenters. The van der Waals surface area contributed by atoms with E-state index in [1.165, 1.54) is 44.0 Å². The van der Waals surface area contributed by atoms with Gasteiger partial charge in [-0.3, -0.25) is 9.97 Å². The molecule has 0 aliphatic heterocycles. The topological polar surface area (TPSA) is 35.6 Å². The first-order valence-corrected chi connectivity index (χ1v) is 24.0. The quantitative estimate of drug-likeness (QED) is 0.0618. The van der Waals surface area contributed by atoms with Crippen LogP contribution in [0.1, 0.15) is 89.5 Å². The molecule has 0 unspecified atom stereocenters.